The molecule has 28 heavy (non-hydrogen) atoms. The van der Waals surface area contributed by atoms with Crippen molar-refractivity contribution in [3.05, 3.63) is 52.8 Å². The molecule has 0 saturated carbocycles. The molecule has 0 aliphatic carbocycles. The highest BCUT2D eigenvalue weighted by Gasteiger charge is 2.17. The average molecular weight is 386 g/mol. The zero-order chi connectivity index (χ0) is 19.9. The topological polar surface area (TPSA) is 108 Å². The number of aliphatic hydroxyl groups is 1. The van der Waals surface area contributed by atoms with Crippen LogP contribution in [0.4, 0.5) is 0 Å². The van der Waals surface area contributed by atoms with Gasteiger partial charge in [0.15, 0.2) is 0 Å². The monoisotopic (exact) mass is 386 g/mol. The number of aromatic nitrogens is 2. The third-order valence-electron chi connectivity index (χ3n) is 4.79. The summed E-state index contributed by atoms with van der Waals surface area (Å²) in [6.45, 7) is 3.54. The van der Waals surface area contributed by atoms with Crippen LogP contribution in [0.3, 0.4) is 0 Å². The van der Waals surface area contributed by atoms with Gasteiger partial charge in [0, 0.05) is 45.6 Å². The van der Waals surface area contributed by atoms with Crippen molar-refractivity contribution in [3.63, 3.8) is 0 Å². The number of rotatable bonds is 8. The van der Waals surface area contributed by atoms with Crippen molar-refractivity contribution in [1.82, 2.24) is 20.0 Å². The zero-order valence-electron chi connectivity index (χ0n) is 15.8. The second-order valence-corrected chi connectivity index (χ2v) is 6.99. The molecule has 8 heteroatoms. The molecule has 1 aliphatic rings. The molecule has 0 saturated heterocycles. The van der Waals surface area contributed by atoms with Crippen LogP contribution in [0, 0.1) is 0 Å². The summed E-state index contributed by atoms with van der Waals surface area (Å²) in [6, 6.07) is 9.06. The fraction of sp³-hybridized carbons (Fsp3) is 0.450. The van der Waals surface area contributed by atoms with Crippen molar-refractivity contribution in [2.45, 2.75) is 38.9 Å². The van der Waals surface area contributed by atoms with E-state index < -0.39 is 5.97 Å². The minimum Gasteiger partial charge on any atom is -0.478 e. The molecule has 2 aromatic rings. The van der Waals surface area contributed by atoms with Crippen molar-refractivity contribution in [2.24, 2.45) is 0 Å². The maximum Gasteiger partial charge on any atom is 0.335 e. The number of aryl methyl sites for hydroxylation is 2. The van der Waals surface area contributed by atoms with Crippen LogP contribution in [0.5, 0.6) is 0 Å². The number of hydrogen-bond acceptors (Lipinski definition) is 5. The number of hydrogen-bond donors (Lipinski definition) is 3. The Bertz CT molecular complexity index is 816. The van der Waals surface area contributed by atoms with Gasteiger partial charge in [0.25, 0.3) is 0 Å². The van der Waals surface area contributed by atoms with Crippen LogP contribution in [0.2, 0.25) is 0 Å². The van der Waals surface area contributed by atoms with Crippen molar-refractivity contribution >= 4 is 11.9 Å². The predicted octanol–water partition coefficient (Wildman–Crippen LogP) is 1.03. The number of carboxylic acids is 1. The highest BCUT2D eigenvalue weighted by atomic mass is 16.4. The van der Waals surface area contributed by atoms with Crippen LogP contribution in [-0.4, -0.2) is 56.5 Å². The van der Waals surface area contributed by atoms with Crippen LogP contribution in [0.25, 0.3) is 0 Å². The number of nitrogens with zero attached hydrogens (tertiary/aromatic N) is 3. The lowest BCUT2D eigenvalue weighted by Gasteiger charge is -2.19. The van der Waals surface area contributed by atoms with Gasteiger partial charge in [0.2, 0.25) is 5.91 Å². The normalized spacial score (nSPS) is 14.3. The van der Waals surface area contributed by atoms with Gasteiger partial charge in [-0.3, -0.25) is 14.4 Å². The van der Waals surface area contributed by atoms with E-state index in [0.717, 1.165) is 49.6 Å². The Morgan fingerprint density at radius 2 is 1.96 bits per heavy atom. The van der Waals surface area contributed by atoms with E-state index in [1.165, 1.54) is 0 Å². The van der Waals surface area contributed by atoms with Crippen molar-refractivity contribution in [2.75, 3.05) is 19.7 Å². The molecule has 0 bridgehead atoms. The van der Waals surface area contributed by atoms with Gasteiger partial charge in [0.05, 0.1) is 23.6 Å². The second kappa shape index (κ2) is 9.48. The number of carboxylic acid groups (broad SMARTS) is 1. The van der Waals surface area contributed by atoms with E-state index in [4.69, 9.17) is 10.2 Å². The Labute approximate surface area is 163 Å². The van der Waals surface area contributed by atoms with Crippen LogP contribution in [-0.2, 0) is 30.8 Å². The molecule has 0 spiro atoms. The molecular weight excluding hydrogens is 360 g/mol. The predicted molar refractivity (Wildman–Crippen MR) is 103 cm³/mol. The molecule has 0 atom stereocenters. The maximum atomic E-state index is 11.7. The van der Waals surface area contributed by atoms with Crippen LogP contribution in [0.1, 0.15) is 40.2 Å². The largest absolute Gasteiger partial charge is 0.478 e. The average Bonchev–Trinajstić information content (AvgIpc) is 2.97. The van der Waals surface area contributed by atoms with E-state index in [2.05, 4.69) is 21.4 Å². The molecule has 1 aliphatic heterocycles. The molecule has 3 rings (SSSR count). The SMILES string of the molecule is O=C(CCc1cc2n(n1)CCCN(Cc1ccc(C(=O)O)cc1)C2)NCCO. The summed E-state index contributed by atoms with van der Waals surface area (Å²) in [7, 11) is 0. The minimum atomic E-state index is -0.914. The number of carbonyl (C=O) groups is 2. The molecule has 0 radical (unpaired) electrons. The van der Waals surface area contributed by atoms with Crippen molar-refractivity contribution < 1.29 is 19.8 Å². The molecule has 1 amide bonds. The van der Waals surface area contributed by atoms with E-state index in [1.54, 1.807) is 12.1 Å². The minimum absolute atomic E-state index is 0.0562. The number of fused-ring (bicyclic) bond motifs is 1. The van der Waals surface area contributed by atoms with E-state index in [1.807, 2.05) is 16.8 Å². The number of nitrogens with one attached hydrogen (secondary N) is 1. The second-order valence-electron chi connectivity index (χ2n) is 6.99. The summed E-state index contributed by atoms with van der Waals surface area (Å²) < 4.78 is 2.02. The molecule has 0 fully saturated rings. The maximum absolute atomic E-state index is 11.7. The van der Waals surface area contributed by atoms with Crippen LogP contribution < -0.4 is 5.32 Å². The highest BCUT2D eigenvalue weighted by Crippen LogP contribution is 2.17. The number of aromatic carboxylic acids is 1. The molecule has 0 unspecified atom stereocenters. The third kappa shape index (κ3) is 5.40. The number of aliphatic hydroxyl groups excluding tert-OH is 1. The Morgan fingerprint density at radius 3 is 2.68 bits per heavy atom. The summed E-state index contributed by atoms with van der Waals surface area (Å²) in [5, 5.41) is 25.0. The summed E-state index contributed by atoms with van der Waals surface area (Å²) >= 11 is 0. The lowest BCUT2D eigenvalue weighted by atomic mass is 10.1. The van der Waals surface area contributed by atoms with Gasteiger partial charge in [-0.15, -0.1) is 0 Å². The first-order chi connectivity index (χ1) is 13.5. The molecule has 150 valence electrons. The van der Waals surface area contributed by atoms with Crippen molar-refractivity contribution in [1.29, 1.82) is 0 Å². The summed E-state index contributed by atoms with van der Waals surface area (Å²) in [4.78, 5) is 25.0. The molecule has 1 aromatic heterocycles. The fourth-order valence-electron chi connectivity index (χ4n) is 3.38. The first kappa shape index (κ1) is 20.0. The van der Waals surface area contributed by atoms with Gasteiger partial charge in [-0.2, -0.15) is 5.10 Å². The van der Waals surface area contributed by atoms with E-state index in [-0.39, 0.29) is 19.1 Å². The van der Waals surface area contributed by atoms with Gasteiger partial charge < -0.3 is 15.5 Å². The smallest absolute Gasteiger partial charge is 0.335 e. The standard InChI is InChI=1S/C20H26N4O4/c25-11-8-21-19(26)7-6-17-12-18-14-23(9-1-10-24(18)22-17)13-15-2-4-16(5-3-15)20(27)28/h2-5,12,25H,1,6-11,13-14H2,(H,21,26)(H,27,28). The van der Waals surface area contributed by atoms with E-state index in [0.29, 0.717) is 18.4 Å². The Hall–Kier alpha value is -2.71. The summed E-state index contributed by atoms with van der Waals surface area (Å²) in [5.74, 6) is -0.994. The summed E-state index contributed by atoms with van der Waals surface area (Å²) in [6.07, 6.45) is 1.92. The molecule has 8 nitrogen and oxygen atoms in total. The molecule has 3 N–H and O–H groups in total. The lowest BCUT2D eigenvalue weighted by Crippen LogP contribution is -2.26. The number of carbonyl (C=O) groups excluding carboxylic acids is 1. The Kier molecular flexibility index (Phi) is 6.78. The zero-order valence-corrected chi connectivity index (χ0v) is 15.8. The van der Waals surface area contributed by atoms with Gasteiger partial charge in [0.1, 0.15) is 0 Å². The van der Waals surface area contributed by atoms with Gasteiger partial charge in [-0.05, 0) is 30.2 Å². The van der Waals surface area contributed by atoms with Gasteiger partial charge in [-0.25, -0.2) is 4.79 Å². The quantitative estimate of drug-likeness (QED) is 0.625. The lowest BCUT2D eigenvalue weighted by molar-refractivity contribution is -0.121. The summed E-state index contributed by atoms with van der Waals surface area (Å²) in [5.41, 5.74) is 3.41. The molecule has 1 aromatic carbocycles. The first-order valence-electron chi connectivity index (χ1n) is 9.53. The number of benzene rings is 1. The van der Waals surface area contributed by atoms with E-state index >= 15 is 0 Å². The third-order valence-corrected chi connectivity index (χ3v) is 4.79. The molecular formula is C20H26N4O4. The highest BCUT2D eigenvalue weighted by molar-refractivity contribution is 5.87. The van der Waals surface area contributed by atoms with E-state index in [9.17, 15) is 9.59 Å². The van der Waals surface area contributed by atoms with Gasteiger partial charge in [-0.1, -0.05) is 12.1 Å². The van der Waals surface area contributed by atoms with Crippen molar-refractivity contribution in [3.8, 4) is 0 Å². The fourth-order valence-corrected chi connectivity index (χ4v) is 3.38. The van der Waals surface area contributed by atoms with Crippen LogP contribution in [0.15, 0.2) is 30.3 Å². The van der Waals surface area contributed by atoms with Crippen LogP contribution >= 0.6 is 0 Å². The number of amides is 1. The Morgan fingerprint density at radius 1 is 1.18 bits per heavy atom. The molecule has 2 heterocycles. The van der Waals surface area contributed by atoms with Gasteiger partial charge >= 0.3 is 5.97 Å². The Balaban J connectivity index is 1.58. The first-order valence-corrected chi connectivity index (χ1v) is 9.53.